The molecule has 22 heavy (non-hydrogen) atoms. The van der Waals surface area contributed by atoms with Gasteiger partial charge in [0, 0.05) is 12.1 Å². The molecule has 0 aliphatic carbocycles. The first-order valence-electron chi connectivity index (χ1n) is 6.62. The normalized spacial score (nSPS) is 14.3. The summed E-state index contributed by atoms with van der Waals surface area (Å²) in [4.78, 5) is 21.1. The van der Waals surface area contributed by atoms with Gasteiger partial charge in [-0.2, -0.15) is 0 Å². The van der Waals surface area contributed by atoms with E-state index in [1.54, 1.807) is 13.8 Å². The van der Waals surface area contributed by atoms with Gasteiger partial charge in [0.2, 0.25) is 10.0 Å². The van der Waals surface area contributed by atoms with E-state index in [1.165, 1.54) is 24.3 Å². The summed E-state index contributed by atoms with van der Waals surface area (Å²) in [5, 5.41) is 19.6. The van der Waals surface area contributed by atoms with Crippen molar-refractivity contribution in [2.75, 3.05) is 0 Å². The number of carboxylic acids is 1. The van der Waals surface area contributed by atoms with E-state index in [2.05, 4.69) is 4.72 Å². The number of carboxylic acid groups (broad SMARTS) is 1. The van der Waals surface area contributed by atoms with Gasteiger partial charge in [-0.1, -0.05) is 32.4 Å². The second kappa shape index (κ2) is 7.32. The van der Waals surface area contributed by atoms with Gasteiger partial charge in [0.15, 0.2) is 0 Å². The minimum atomic E-state index is -3.87. The van der Waals surface area contributed by atoms with E-state index in [0.717, 1.165) is 0 Å². The predicted molar refractivity (Wildman–Crippen MR) is 79.7 cm³/mol. The van der Waals surface area contributed by atoms with Crippen LogP contribution in [0.25, 0.3) is 0 Å². The van der Waals surface area contributed by atoms with E-state index in [-0.39, 0.29) is 11.6 Å². The van der Waals surface area contributed by atoms with Crippen molar-refractivity contribution in [1.82, 2.24) is 4.72 Å². The number of non-ortho nitro benzene ring substituents is 1. The molecule has 0 saturated heterocycles. The zero-order valence-electron chi connectivity index (χ0n) is 12.2. The Morgan fingerprint density at radius 2 is 1.91 bits per heavy atom. The highest BCUT2D eigenvalue weighted by Crippen LogP contribution is 2.15. The summed E-state index contributed by atoms with van der Waals surface area (Å²) >= 11 is 0. The van der Waals surface area contributed by atoms with Gasteiger partial charge in [0.1, 0.15) is 6.04 Å². The quantitative estimate of drug-likeness (QED) is 0.549. The van der Waals surface area contributed by atoms with E-state index in [0.29, 0.717) is 12.0 Å². The van der Waals surface area contributed by atoms with Crippen molar-refractivity contribution in [3.63, 3.8) is 0 Å². The highest BCUT2D eigenvalue weighted by atomic mass is 32.2. The smallest absolute Gasteiger partial charge is 0.322 e. The fourth-order valence-electron chi connectivity index (χ4n) is 1.81. The largest absolute Gasteiger partial charge is 0.480 e. The van der Waals surface area contributed by atoms with Gasteiger partial charge < -0.3 is 5.11 Å². The Morgan fingerprint density at radius 3 is 2.32 bits per heavy atom. The van der Waals surface area contributed by atoms with Crippen LogP contribution in [0.3, 0.4) is 0 Å². The number of nitrogens with one attached hydrogen (secondary N) is 1. The SMILES string of the molecule is CC[C@H](C)[C@H](NS(=O)(=O)Cc1ccc([N+](=O)[O-])cc1)C(=O)O. The topological polar surface area (TPSA) is 127 Å². The fourth-order valence-corrected chi connectivity index (χ4v) is 3.25. The maximum atomic E-state index is 12.0. The number of hydrogen-bond donors (Lipinski definition) is 2. The molecular weight excluding hydrogens is 312 g/mol. The van der Waals surface area contributed by atoms with Crippen LogP contribution in [0.5, 0.6) is 0 Å². The molecule has 1 aromatic carbocycles. The maximum absolute atomic E-state index is 12.0. The third kappa shape index (κ3) is 5.08. The van der Waals surface area contributed by atoms with Gasteiger partial charge in [-0.15, -0.1) is 0 Å². The van der Waals surface area contributed by atoms with Crippen LogP contribution in [-0.4, -0.2) is 30.5 Å². The molecule has 0 unspecified atom stereocenters. The molecule has 0 aromatic heterocycles. The molecule has 0 spiro atoms. The first-order valence-corrected chi connectivity index (χ1v) is 8.27. The number of rotatable bonds is 8. The van der Waals surface area contributed by atoms with Gasteiger partial charge in [0.05, 0.1) is 10.7 Å². The lowest BCUT2D eigenvalue weighted by Gasteiger charge is -2.20. The molecule has 8 nitrogen and oxygen atoms in total. The lowest BCUT2D eigenvalue weighted by atomic mass is 10.0. The van der Waals surface area contributed by atoms with Gasteiger partial charge in [-0.25, -0.2) is 13.1 Å². The molecule has 0 radical (unpaired) electrons. The summed E-state index contributed by atoms with van der Waals surface area (Å²) in [5.74, 6) is -2.03. The zero-order chi connectivity index (χ0) is 16.9. The highest BCUT2D eigenvalue weighted by Gasteiger charge is 2.28. The standard InChI is InChI=1S/C13H18N2O6S/c1-3-9(2)12(13(16)17)14-22(20,21)8-10-4-6-11(7-5-10)15(18)19/h4-7,9,12,14H,3,8H2,1-2H3,(H,16,17)/t9-,12-/m0/s1. The number of hydrogen-bond acceptors (Lipinski definition) is 5. The van der Waals surface area contributed by atoms with E-state index < -0.39 is 32.7 Å². The summed E-state index contributed by atoms with van der Waals surface area (Å²) < 4.78 is 26.3. The van der Waals surface area contributed by atoms with Crippen molar-refractivity contribution in [3.8, 4) is 0 Å². The molecule has 1 aromatic rings. The molecule has 0 aliphatic rings. The summed E-state index contributed by atoms with van der Waals surface area (Å²) in [6, 6.07) is 3.86. The van der Waals surface area contributed by atoms with Crippen LogP contribution in [0.15, 0.2) is 24.3 Å². The minimum Gasteiger partial charge on any atom is -0.480 e. The van der Waals surface area contributed by atoms with Crippen LogP contribution in [0, 0.1) is 16.0 Å². The number of nitro benzene ring substituents is 1. The number of nitrogens with zero attached hydrogens (tertiary/aromatic N) is 1. The molecule has 2 atom stereocenters. The van der Waals surface area contributed by atoms with Gasteiger partial charge in [-0.05, 0) is 11.5 Å². The number of carbonyl (C=O) groups is 1. The molecule has 2 N–H and O–H groups in total. The molecule has 0 bridgehead atoms. The summed E-state index contributed by atoms with van der Waals surface area (Å²) in [5.41, 5.74) is 0.198. The number of nitro groups is 1. The van der Waals surface area contributed by atoms with Crippen molar-refractivity contribution in [1.29, 1.82) is 0 Å². The van der Waals surface area contributed by atoms with Crippen molar-refractivity contribution < 1.29 is 23.2 Å². The Kier molecular flexibility index (Phi) is 6.01. The first kappa shape index (κ1) is 18.1. The van der Waals surface area contributed by atoms with E-state index in [4.69, 9.17) is 5.11 Å². The van der Waals surface area contributed by atoms with Crippen LogP contribution < -0.4 is 4.72 Å². The number of benzene rings is 1. The third-order valence-electron chi connectivity index (χ3n) is 3.29. The number of sulfonamides is 1. The zero-order valence-corrected chi connectivity index (χ0v) is 13.0. The van der Waals surface area contributed by atoms with Crippen molar-refractivity contribution in [3.05, 3.63) is 39.9 Å². The molecule has 9 heteroatoms. The van der Waals surface area contributed by atoms with Crippen molar-refractivity contribution in [2.24, 2.45) is 5.92 Å². The first-order chi connectivity index (χ1) is 10.2. The van der Waals surface area contributed by atoms with Crippen molar-refractivity contribution in [2.45, 2.75) is 32.1 Å². The fraction of sp³-hybridized carbons (Fsp3) is 0.462. The Morgan fingerprint density at radius 1 is 1.36 bits per heavy atom. The lowest BCUT2D eigenvalue weighted by Crippen LogP contribution is -2.45. The summed E-state index contributed by atoms with van der Waals surface area (Å²) in [7, 11) is -3.87. The predicted octanol–water partition coefficient (Wildman–Crippen LogP) is 1.51. The molecule has 122 valence electrons. The van der Waals surface area contributed by atoms with Crippen LogP contribution in [0.2, 0.25) is 0 Å². The Balaban J connectivity index is 2.86. The lowest BCUT2D eigenvalue weighted by molar-refractivity contribution is -0.384. The van der Waals surface area contributed by atoms with E-state index in [9.17, 15) is 23.3 Å². The van der Waals surface area contributed by atoms with Gasteiger partial charge >= 0.3 is 5.97 Å². The molecular formula is C13H18N2O6S. The van der Waals surface area contributed by atoms with Crippen molar-refractivity contribution >= 4 is 21.7 Å². The van der Waals surface area contributed by atoms with Gasteiger partial charge in [-0.3, -0.25) is 14.9 Å². The second-order valence-electron chi connectivity index (χ2n) is 5.00. The molecule has 0 heterocycles. The Labute approximate surface area is 128 Å². The minimum absolute atomic E-state index is 0.142. The number of aliphatic carboxylic acids is 1. The Hall–Kier alpha value is -2.00. The average Bonchev–Trinajstić information content (AvgIpc) is 2.44. The molecule has 0 fully saturated rings. The molecule has 1 rings (SSSR count). The summed E-state index contributed by atoms with van der Waals surface area (Å²) in [6.45, 7) is 3.42. The second-order valence-corrected chi connectivity index (χ2v) is 6.76. The highest BCUT2D eigenvalue weighted by molar-refractivity contribution is 7.88. The van der Waals surface area contributed by atoms with Crippen LogP contribution in [0.1, 0.15) is 25.8 Å². The third-order valence-corrected chi connectivity index (χ3v) is 4.62. The van der Waals surface area contributed by atoms with Crippen LogP contribution in [0.4, 0.5) is 5.69 Å². The monoisotopic (exact) mass is 330 g/mol. The van der Waals surface area contributed by atoms with E-state index >= 15 is 0 Å². The Bertz CT molecular complexity index is 641. The van der Waals surface area contributed by atoms with Crippen LogP contribution >= 0.6 is 0 Å². The average molecular weight is 330 g/mol. The van der Waals surface area contributed by atoms with Gasteiger partial charge in [0.25, 0.3) is 5.69 Å². The molecule has 0 aliphatic heterocycles. The summed E-state index contributed by atoms with van der Waals surface area (Å²) in [6.07, 6.45) is 0.511. The molecule has 0 amide bonds. The maximum Gasteiger partial charge on any atom is 0.322 e. The van der Waals surface area contributed by atoms with Crippen LogP contribution in [-0.2, 0) is 20.6 Å². The van der Waals surface area contributed by atoms with E-state index in [1.807, 2.05) is 0 Å². The molecule has 0 saturated carbocycles.